The number of nitrogens with zero attached hydrogens (tertiary/aromatic N) is 6. The highest BCUT2D eigenvalue weighted by atomic mass is 35.5. The van der Waals surface area contributed by atoms with Crippen LogP contribution in [0.4, 0.5) is 10.1 Å². The lowest BCUT2D eigenvalue weighted by molar-refractivity contribution is 0.300. The highest BCUT2D eigenvalue weighted by Gasteiger charge is 2.18. The topological polar surface area (TPSA) is 128 Å². The van der Waals surface area contributed by atoms with E-state index in [1.165, 1.54) is 22.9 Å². The average Bonchev–Trinajstić information content (AvgIpc) is 3.42. The van der Waals surface area contributed by atoms with E-state index in [1.54, 1.807) is 24.3 Å². The smallest absolute Gasteiger partial charge is 0.174 e. The number of benzene rings is 2. The third-order valence-electron chi connectivity index (χ3n) is 4.30. The molecule has 0 fully saturated rings. The van der Waals surface area contributed by atoms with E-state index in [2.05, 4.69) is 31.2 Å². The van der Waals surface area contributed by atoms with E-state index in [9.17, 15) is 4.39 Å². The summed E-state index contributed by atoms with van der Waals surface area (Å²) >= 11 is 11.6. The molecule has 2 heterocycles. The van der Waals surface area contributed by atoms with Crippen LogP contribution in [-0.2, 0) is 13.0 Å². The van der Waals surface area contributed by atoms with Crippen molar-refractivity contribution >= 4 is 34.7 Å². The molecule has 2 N–H and O–H groups in total. The molecule has 0 aliphatic heterocycles. The molecule has 0 saturated carbocycles. The van der Waals surface area contributed by atoms with Gasteiger partial charge >= 0.3 is 0 Å². The van der Waals surface area contributed by atoms with Crippen LogP contribution in [0.1, 0.15) is 17.2 Å². The van der Waals surface area contributed by atoms with Crippen molar-refractivity contribution in [2.75, 3.05) is 11.9 Å². The molecule has 13 heteroatoms. The van der Waals surface area contributed by atoms with Crippen molar-refractivity contribution in [3.63, 3.8) is 0 Å². The van der Waals surface area contributed by atoms with Crippen molar-refractivity contribution in [1.82, 2.24) is 30.5 Å². The molecule has 0 amide bonds. The molecular formula is C19H15Cl2FN8O2. The fourth-order valence-electron chi connectivity index (χ4n) is 2.74. The molecule has 0 saturated heterocycles. The van der Waals surface area contributed by atoms with Crippen LogP contribution in [0.15, 0.2) is 47.1 Å². The van der Waals surface area contributed by atoms with Gasteiger partial charge in [0.25, 0.3) is 0 Å². The van der Waals surface area contributed by atoms with Crippen molar-refractivity contribution in [3.05, 3.63) is 75.5 Å². The molecule has 0 atom stereocenters. The number of ether oxygens (including phenoxy) is 1. The molecule has 0 unspecified atom stereocenters. The van der Waals surface area contributed by atoms with Gasteiger partial charge in [-0.15, -0.1) is 5.10 Å². The zero-order valence-corrected chi connectivity index (χ0v) is 17.8. The lowest BCUT2D eigenvalue weighted by Gasteiger charge is -2.08. The zero-order chi connectivity index (χ0) is 22.5. The standard InChI is InChI=1S/C19H15Cl2FN8O2/c20-11-1-4-13(5-2-11)31-8-7-17-25-28-29-30(17)10-16-18(27-32-26-16)19(23)24-12-3-6-15(22)14(21)9-12/h1-6,9H,7-8,10H2,(H2,23,24). The van der Waals surface area contributed by atoms with Crippen LogP contribution in [0.2, 0.25) is 10.0 Å². The summed E-state index contributed by atoms with van der Waals surface area (Å²) < 4.78 is 25.3. The minimum absolute atomic E-state index is 0.0690. The van der Waals surface area contributed by atoms with Crippen molar-refractivity contribution < 1.29 is 13.8 Å². The first-order valence-electron chi connectivity index (χ1n) is 9.25. The van der Waals surface area contributed by atoms with Gasteiger partial charge < -0.3 is 10.1 Å². The summed E-state index contributed by atoms with van der Waals surface area (Å²) in [7, 11) is 0. The highest BCUT2D eigenvalue weighted by molar-refractivity contribution is 6.31. The summed E-state index contributed by atoms with van der Waals surface area (Å²) in [6.45, 7) is 0.463. The molecule has 0 aliphatic rings. The third-order valence-corrected chi connectivity index (χ3v) is 4.84. The Labute approximate surface area is 190 Å². The van der Waals surface area contributed by atoms with Gasteiger partial charge in [0.1, 0.15) is 17.3 Å². The molecule has 2 aromatic heterocycles. The van der Waals surface area contributed by atoms with Crippen molar-refractivity contribution in [2.45, 2.75) is 13.0 Å². The van der Waals surface area contributed by atoms with Crippen LogP contribution in [-0.4, -0.2) is 43.0 Å². The Morgan fingerprint density at radius 1 is 1.16 bits per heavy atom. The van der Waals surface area contributed by atoms with Crippen molar-refractivity contribution in [2.24, 2.45) is 0 Å². The number of hydrogen-bond acceptors (Lipinski definition) is 8. The summed E-state index contributed by atoms with van der Waals surface area (Å²) in [6.07, 6.45) is 0.431. The Kier molecular flexibility index (Phi) is 6.57. The lowest BCUT2D eigenvalue weighted by atomic mass is 10.2. The second-order valence-electron chi connectivity index (χ2n) is 6.49. The van der Waals surface area contributed by atoms with Crippen LogP contribution >= 0.6 is 23.2 Å². The number of tetrazole rings is 1. The van der Waals surface area contributed by atoms with E-state index in [0.29, 0.717) is 41.0 Å². The van der Waals surface area contributed by atoms with Gasteiger partial charge in [0, 0.05) is 17.1 Å². The Hall–Kier alpha value is -3.57. The molecule has 4 aromatic rings. The summed E-state index contributed by atoms with van der Waals surface area (Å²) in [4.78, 5) is 0. The summed E-state index contributed by atoms with van der Waals surface area (Å²) in [5.74, 6) is 0.568. The number of aromatic nitrogens is 6. The molecule has 4 rings (SSSR count). The predicted molar refractivity (Wildman–Crippen MR) is 114 cm³/mol. The number of hydrogen-bond donors (Lipinski definition) is 2. The van der Waals surface area contributed by atoms with Gasteiger partial charge in [-0.1, -0.05) is 28.4 Å². The minimum atomic E-state index is -0.557. The molecule has 0 aliphatic carbocycles. The number of rotatable bonds is 8. The van der Waals surface area contributed by atoms with Crippen LogP contribution in [0.25, 0.3) is 0 Å². The van der Waals surface area contributed by atoms with Gasteiger partial charge in [-0.2, -0.15) is 0 Å². The zero-order valence-electron chi connectivity index (χ0n) is 16.3. The van der Waals surface area contributed by atoms with E-state index in [4.69, 9.17) is 38.0 Å². The normalized spacial score (nSPS) is 10.8. The van der Waals surface area contributed by atoms with Gasteiger partial charge in [-0.05, 0) is 58.0 Å². The van der Waals surface area contributed by atoms with E-state index < -0.39 is 5.82 Å². The van der Waals surface area contributed by atoms with E-state index >= 15 is 0 Å². The number of anilines is 1. The van der Waals surface area contributed by atoms with Crippen molar-refractivity contribution in [3.8, 4) is 5.75 Å². The van der Waals surface area contributed by atoms with Crippen LogP contribution in [0.3, 0.4) is 0 Å². The Morgan fingerprint density at radius 2 is 1.97 bits per heavy atom. The second-order valence-corrected chi connectivity index (χ2v) is 7.34. The summed E-state index contributed by atoms with van der Waals surface area (Å²) in [5, 5.41) is 30.9. The molecule has 0 spiro atoms. The van der Waals surface area contributed by atoms with Gasteiger partial charge in [-0.3, -0.25) is 5.41 Å². The molecule has 0 radical (unpaired) electrons. The summed E-state index contributed by atoms with van der Waals surface area (Å²) in [5.41, 5.74) is 0.907. The monoisotopic (exact) mass is 476 g/mol. The lowest BCUT2D eigenvalue weighted by Crippen LogP contribution is -2.17. The fourth-order valence-corrected chi connectivity index (χ4v) is 3.04. The number of nitrogens with one attached hydrogen (secondary N) is 2. The second kappa shape index (κ2) is 9.71. The van der Waals surface area contributed by atoms with Crippen LogP contribution in [0.5, 0.6) is 5.75 Å². The average molecular weight is 477 g/mol. The maximum Gasteiger partial charge on any atom is 0.174 e. The number of amidine groups is 1. The fraction of sp³-hybridized carbons (Fsp3) is 0.158. The van der Waals surface area contributed by atoms with E-state index in [0.717, 1.165) is 0 Å². The van der Waals surface area contributed by atoms with Gasteiger partial charge in [0.05, 0.1) is 18.2 Å². The van der Waals surface area contributed by atoms with E-state index in [-0.39, 0.29) is 23.1 Å². The van der Waals surface area contributed by atoms with Gasteiger partial charge in [-0.25, -0.2) is 13.7 Å². The Bertz CT molecular complexity index is 1230. The first-order chi connectivity index (χ1) is 15.5. The molecule has 10 nitrogen and oxygen atoms in total. The SMILES string of the molecule is N=C(Nc1ccc(F)c(Cl)c1)c1nonc1Cn1nnnc1CCOc1ccc(Cl)cc1. The maximum absolute atomic E-state index is 13.3. The quantitative estimate of drug-likeness (QED) is 0.291. The Morgan fingerprint density at radius 3 is 2.75 bits per heavy atom. The van der Waals surface area contributed by atoms with Crippen LogP contribution < -0.4 is 10.1 Å². The predicted octanol–water partition coefficient (Wildman–Crippen LogP) is 3.61. The first kappa shape index (κ1) is 21.7. The van der Waals surface area contributed by atoms with Crippen molar-refractivity contribution in [1.29, 1.82) is 5.41 Å². The first-order valence-corrected chi connectivity index (χ1v) is 10.0. The third kappa shape index (κ3) is 5.18. The molecule has 164 valence electrons. The minimum Gasteiger partial charge on any atom is -0.493 e. The molecular weight excluding hydrogens is 462 g/mol. The Balaban J connectivity index is 1.39. The molecule has 32 heavy (non-hydrogen) atoms. The molecule has 2 aromatic carbocycles. The maximum atomic E-state index is 13.3. The van der Waals surface area contributed by atoms with Gasteiger partial charge in [0.2, 0.25) is 0 Å². The summed E-state index contributed by atoms with van der Waals surface area (Å²) in [6, 6.07) is 11.0. The van der Waals surface area contributed by atoms with Crippen LogP contribution in [0, 0.1) is 11.2 Å². The largest absolute Gasteiger partial charge is 0.493 e. The molecule has 0 bridgehead atoms. The number of halogens is 3. The highest BCUT2D eigenvalue weighted by Crippen LogP contribution is 2.20. The van der Waals surface area contributed by atoms with Gasteiger partial charge in [0.15, 0.2) is 17.4 Å². The van der Waals surface area contributed by atoms with E-state index in [1.807, 2.05) is 0 Å².